The van der Waals surface area contributed by atoms with Crippen LogP contribution in [0, 0.1) is 17.1 Å². The first-order valence-electron chi connectivity index (χ1n) is 9.07. The highest BCUT2D eigenvalue weighted by Crippen LogP contribution is 2.30. The van der Waals surface area contributed by atoms with Crippen LogP contribution in [0.4, 0.5) is 4.39 Å². The first-order valence-corrected chi connectivity index (χ1v) is 10.5. The maximum Gasteiger partial charge on any atom is 0.258 e. The van der Waals surface area contributed by atoms with Crippen molar-refractivity contribution in [3.8, 4) is 17.5 Å². The van der Waals surface area contributed by atoms with Gasteiger partial charge in [-0.05, 0) is 49.2 Å². The lowest BCUT2D eigenvalue weighted by atomic mass is 9.97. The number of hydrogen-bond donors (Lipinski definition) is 0. The number of nitriles is 1. The fourth-order valence-electron chi connectivity index (χ4n) is 3.37. The fourth-order valence-corrected chi connectivity index (χ4v) is 4.89. The zero-order valence-corrected chi connectivity index (χ0v) is 16.1. The molecule has 29 heavy (non-hydrogen) atoms. The minimum Gasteiger partial charge on any atom is -0.334 e. The average molecular weight is 412 g/mol. The van der Waals surface area contributed by atoms with E-state index in [-0.39, 0.29) is 22.5 Å². The van der Waals surface area contributed by atoms with Crippen LogP contribution in [0.5, 0.6) is 0 Å². The average Bonchev–Trinajstić information content (AvgIpc) is 3.24. The summed E-state index contributed by atoms with van der Waals surface area (Å²) in [6.45, 7) is 0.626. The molecule has 0 aliphatic carbocycles. The molecule has 1 aliphatic rings. The lowest BCUT2D eigenvalue weighted by Gasteiger charge is -2.29. The molecule has 2 heterocycles. The van der Waals surface area contributed by atoms with Gasteiger partial charge in [-0.15, -0.1) is 0 Å². The topological polar surface area (TPSA) is 100 Å². The molecule has 7 nitrogen and oxygen atoms in total. The second-order valence-electron chi connectivity index (χ2n) is 6.79. The second-order valence-corrected chi connectivity index (χ2v) is 8.72. The molecular formula is C20H17FN4O3S. The van der Waals surface area contributed by atoms with Crippen molar-refractivity contribution in [1.82, 2.24) is 14.4 Å². The molecule has 0 spiro atoms. The number of benzene rings is 2. The highest BCUT2D eigenvalue weighted by atomic mass is 32.2. The smallest absolute Gasteiger partial charge is 0.258 e. The Kier molecular flexibility index (Phi) is 5.13. The summed E-state index contributed by atoms with van der Waals surface area (Å²) in [7, 11) is -3.67. The molecule has 0 radical (unpaired) electrons. The first kappa shape index (κ1) is 19.2. The van der Waals surface area contributed by atoms with Gasteiger partial charge in [-0.2, -0.15) is 14.6 Å². The molecule has 1 aliphatic heterocycles. The third kappa shape index (κ3) is 3.90. The summed E-state index contributed by atoms with van der Waals surface area (Å²) >= 11 is 0. The molecule has 0 bridgehead atoms. The molecule has 0 saturated carbocycles. The van der Waals surface area contributed by atoms with Crippen molar-refractivity contribution in [2.45, 2.75) is 23.7 Å². The van der Waals surface area contributed by atoms with Crippen LogP contribution in [-0.4, -0.2) is 36.0 Å². The van der Waals surface area contributed by atoms with Crippen molar-refractivity contribution in [2.24, 2.45) is 0 Å². The summed E-state index contributed by atoms with van der Waals surface area (Å²) in [4.78, 5) is 4.48. The van der Waals surface area contributed by atoms with Gasteiger partial charge in [0.1, 0.15) is 5.82 Å². The third-order valence-corrected chi connectivity index (χ3v) is 6.83. The Bertz CT molecular complexity index is 1180. The van der Waals surface area contributed by atoms with Crippen LogP contribution in [0.1, 0.15) is 30.1 Å². The van der Waals surface area contributed by atoms with Crippen LogP contribution < -0.4 is 0 Å². The lowest BCUT2D eigenvalue weighted by Crippen LogP contribution is -2.38. The van der Waals surface area contributed by atoms with Gasteiger partial charge in [-0.3, -0.25) is 0 Å². The van der Waals surface area contributed by atoms with Crippen LogP contribution in [0.3, 0.4) is 0 Å². The molecule has 1 saturated heterocycles. The van der Waals surface area contributed by atoms with E-state index in [1.54, 1.807) is 24.3 Å². The zero-order chi connectivity index (χ0) is 20.4. The molecule has 0 amide bonds. The molecule has 1 fully saturated rings. The van der Waals surface area contributed by atoms with Crippen molar-refractivity contribution in [3.05, 3.63) is 65.7 Å². The number of rotatable bonds is 4. The summed E-state index contributed by atoms with van der Waals surface area (Å²) in [5.41, 5.74) is 0.804. The summed E-state index contributed by atoms with van der Waals surface area (Å²) in [6.07, 6.45) is 1.08. The van der Waals surface area contributed by atoms with Gasteiger partial charge < -0.3 is 4.52 Å². The Labute approximate surface area is 167 Å². The van der Waals surface area contributed by atoms with E-state index < -0.39 is 10.0 Å². The van der Waals surface area contributed by atoms with Crippen LogP contribution in [0.15, 0.2) is 57.9 Å². The Morgan fingerprint density at radius 2 is 1.90 bits per heavy atom. The van der Waals surface area contributed by atoms with Gasteiger partial charge in [-0.25, -0.2) is 12.8 Å². The molecule has 1 aromatic heterocycles. The first-order chi connectivity index (χ1) is 14.0. The predicted octanol–water partition coefficient (Wildman–Crippen LogP) is 3.32. The van der Waals surface area contributed by atoms with E-state index in [4.69, 9.17) is 9.78 Å². The largest absolute Gasteiger partial charge is 0.334 e. The Balaban J connectivity index is 1.46. The summed E-state index contributed by atoms with van der Waals surface area (Å²) < 4.78 is 45.8. The van der Waals surface area contributed by atoms with Crippen LogP contribution >= 0.6 is 0 Å². The maximum atomic E-state index is 13.4. The molecule has 3 aromatic rings. The van der Waals surface area contributed by atoms with Crippen molar-refractivity contribution in [1.29, 1.82) is 5.26 Å². The van der Waals surface area contributed by atoms with Gasteiger partial charge in [0.05, 0.1) is 16.5 Å². The highest BCUT2D eigenvalue weighted by Gasteiger charge is 2.32. The molecule has 2 aromatic carbocycles. The number of sulfonamides is 1. The number of nitrogens with zero attached hydrogens (tertiary/aromatic N) is 4. The summed E-state index contributed by atoms with van der Waals surface area (Å²) in [5, 5.41) is 13.0. The van der Waals surface area contributed by atoms with E-state index >= 15 is 0 Å². The normalized spacial score (nSPS) is 15.9. The third-order valence-electron chi connectivity index (χ3n) is 4.93. The van der Waals surface area contributed by atoms with E-state index in [0.29, 0.717) is 42.9 Å². The molecule has 148 valence electrons. The zero-order valence-electron chi connectivity index (χ0n) is 15.3. The van der Waals surface area contributed by atoms with Gasteiger partial charge in [0.25, 0.3) is 5.89 Å². The monoisotopic (exact) mass is 412 g/mol. The SMILES string of the molecule is N#Cc1cccc(S(=O)(=O)N2CCC(c3noc(-c4cccc(F)c4)n3)CC2)c1. The maximum absolute atomic E-state index is 13.4. The molecule has 9 heteroatoms. The Morgan fingerprint density at radius 1 is 1.14 bits per heavy atom. The molecule has 4 rings (SSSR count). The summed E-state index contributed by atoms with van der Waals surface area (Å²) in [6, 6.07) is 13.9. The second kappa shape index (κ2) is 7.73. The van der Waals surface area contributed by atoms with E-state index in [1.165, 1.54) is 28.6 Å². The van der Waals surface area contributed by atoms with Crippen LogP contribution in [0.2, 0.25) is 0 Å². The molecule has 0 atom stereocenters. The van der Waals surface area contributed by atoms with E-state index in [0.717, 1.165) is 0 Å². The lowest BCUT2D eigenvalue weighted by molar-refractivity contribution is 0.307. The quantitative estimate of drug-likeness (QED) is 0.652. The van der Waals surface area contributed by atoms with E-state index in [9.17, 15) is 12.8 Å². The van der Waals surface area contributed by atoms with Crippen molar-refractivity contribution in [3.63, 3.8) is 0 Å². The van der Waals surface area contributed by atoms with Crippen LogP contribution in [-0.2, 0) is 10.0 Å². The minimum absolute atomic E-state index is 0.0436. The molecule has 0 N–H and O–H groups in total. The predicted molar refractivity (Wildman–Crippen MR) is 102 cm³/mol. The molecule has 0 unspecified atom stereocenters. The number of piperidine rings is 1. The van der Waals surface area contributed by atoms with Gasteiger partial charge in [0.15, 0.2) is 5.82 Å². The van der Waals surface area contributed by atoms with Crippen molar-refractivity contribution < 1.29 is 17.3 Å². The number of aromatic nitrogens is 2. The summed E-state index contributed by atoms with van der Waals surface area (Å²) in [5.74, 6) is 0.301. The fraction of sp³-hybridized carbons (Fsp3) is 0.250. The van der Waals surface area contributed by atoms with Gasteiger partial charge in [0, 0.05) is 24.6 Å². The van der Waals surface area contributed by atoms with Gasteiger partial charge in [-0.1, -0.05) is 17.3 Å². The highest BCUT2D eigenvalue weighted by molar-refractivity contribution is 7.89. The Morgan fingerprint density at radius 3 is 2.62 bits per heavy atom. The minimum atomic E-state index is -3.67. The van der Waals surface area contributed by atoms with Crippen molar-refractivity contribution in [2.75, 3.05) is 13.1 Å². The van der Waals surface area contributed by atoms with E-state index in [2.05, 4.69) is 10.1 Å². The van der Waals surface area contributed by atoms with Gasteiger partial charge in [0.2, 0.25) is 10.0 Å². The number of hydrogen-bond acceptors (Lipinski definition) is 6. The van der Waals surface area contributed by atoms with E-state index in [1.807, 2.05) is 6.07 Å². The van der Waals surface area contributed by atoms with Gasteiger partial charge >= 0.3 is 0 Å². The Hall–Kier alpha value is -3.09. The van der Waals surface area contributed by atoms with Crippen LogP contribution in [0.25, 0.3) is 11.5 Å². The standard InChI is InChI=1S/C20H17FN4O3S/c21-17-5-2-4-16(12-17)20-23-19(24-28-20)15-7-9-25(10-8-15)29(26,27)18-6-1-3-14(11-18)13-22/h1-6,11-12,15H,7-10H2. The van der Waals surface area contributed by atoms with Crippen molar-refractivity contribution >= 4 is 10.0 Å². The number of halogens is 1. The molecular weight excluding hydrogens is 395 g/mol.